The highest BCUT2D eigenvalue weighted by molar-refractivity contribution is 7.89. The van der Waals surface area contributed by atoms with Gasteiger partial charge in [0, 0.05) is 18.2 Å². The highest BCUT2D eigenvalue weighted by Gasteiger charge is 2.19. The molecule has 3 N–H and O–H groups in total. The molecule has 0 unspecified atom stereocenters. The molecule has 0 bridgehead atoms. The summed E-state index contributed by atoms with van der Waals surface area (Å²) in [4.78, 5) is 12.1. The first kappa shape index (κ1) is 19.8. The molecule has 0 atom stereocenters. The Labute approximate surface area is 154 Å². The van der Waals surface area contributed by atoms with E-state index in [0.717, 1.165) is 12.8 Å². The number of amides is 1. The Bertz CT molecular complexity index is 709. The van der Waals surface area contributed by atoms with Gasteiger partial charge in [0.2, 0.25) is 15.9 Å². The fourth-order valence-electron chi connectivity index (χ4n) is 2.91. The number of nitrogens with one attached hydrogen (secondary N) is 3. The van der Waals surface area contributed by atoms with Crippen molar-refractivity contribution in [2.24, 2.45) is 5.92 Å². The van der Waals surface area contributed by atoms with Crippen LogP contribution in [0.4, 0.5) is 5.69 Å². The normalized spacial score (nSPS) is 15.3. The molecule has 1 aromatic rings. The third-order valence-corrected chi connectivity index (χ3v) is 5.89. The van der Waals surface area contributed by atoms with Crippen LogP contribution in [0.5, 0.6) is 0 Å². The minimum Gasteiger partial charge on any atom is -0.332 e. The van der Waals surface area contributed by atoms with E-state index in [4.69, 9.17) is 12.2 Å². The number of sulfonamides is 1. The molecular weight excluding hydrogens is 358 g/mol. The number of anilines is 1. The average molecular weight is 384 g/mol. The maximum absolute atomic E-state index is 12.1. The van der Waals surface area contributed by atoms with Gasteiger partial charge in [-0.15, -0.1) is 0 Å². The van der Waals surface area contributed by atoms with Crippen LogP contribution in [0.15, 0.2) is 29.2 Å². The number of hydrogen-bond acceptors (Lipinski definition) is 4. The van der Waals surface area contributed by atoms with Crippen LogP contribution in [0.1, 0.15) is 46.0 Å². The molecule has 1 fully saturated rings. The minimum absolute atomic E-state index is 0.0790. The first-order chi connectivity index (χ1) is 11.8. The van der Waals surface area contributed by atoms with Crippen molar-refractivity contribution in [3.63, 3.8) is 0 Å². The summed E-state index contributed by atoms with van der Waals surface area (Å²) in [5.74, 6) is 0.380. The van der Waals surface area contributed by atoms with Gasteiger partial charge in [-0.25, -0.2) is 13.1 Å². The second-order valence-corrected chi connectivity index (χ2v) is 8.78. The van der Waals surface area contributed by atoms with E-state index in [1.165, 1.54) is 25.0 Å². The molecule has 0 saturated heterocycles. The van der Waals surface area contributed by atoms with Crippen LogP contribution >= 0.6 is 12.2 Å². The summed E-state index contributed by atoms with van der Waals surface area (Å²) >= 11 is 5.14. The van der Waals surface area contributed by atoms with Crippen LogP contribution in [-0.2, 0) is 14.8 Å². The molecule has 0 aliphatic heterocycles. The van der Waals surface area contributed by atoms with Crippen LogP contribution in [-0.4, -0.2) is 25.5 Å². The third-order valence-electron chi connectivity index (χ3n) is 4.02. The summed E-state index contributed by atoms with van der Waals surface area (Å²) in [6.45, 7) is 3.53. The zero-order valence-electron chi connectivity index (χ0n) is 14.5. The summed E-state index contributed by atoms with van der Waals surface area (Å²) < 4.78 is 26.7. The standard InChI is InChI=1S/C17H25N3O3S2/c1-12(2)20-25(22,23)15-9-7-14(8-10-15)18-17(24)19-16(21)11-13-5-3-4-6-13/h7-10,12-13,20H,3-6,11H2,1-2H3,(H2,18,19,21,24). The lowest BCUT2D eigenvalue weighted by atomic mass is 10.0. The van der Waals surface area contributed by atoms with Gasteiger partial charge in [0.15, 0.2) is 5.11 Å². The number of benzene rings is 1. The van der Waals surface area contributed by atoms with E-state index in [-0.39, 0.29) is 22.0 Å². The van der Waals surface area contributed by atoms with Crippen molar-refractivity contribution in [2.75, 3.05) is 5.32 Å². The van der Waals surface area contributed by atoms with Gasteiger partial charge in [-0.3, -0.25) is 4.79 Å². The largest absolute Gasteiger partial charge is 0.332 e. The Kier molecular flexibility index (Phi) is 6.92. The summed E-state index contributed by atoms with van der Waals surface area (Å²) in [7, 11) is -3.52. The molecule has 1 saturated carbocycles. The summed E-state index contributed by atoms with van der Waals surface area (Å²) in [6, 6.07) is 6.05. The number of carbonyl (C=O) groups is 1. The number of thiocarbonyl (C=S) groups is 1. The van der Waals surface area contributed by atoms with Crippen molar-refractivity contribution >= 4 is 38.9 Å². The van der Waals surface area contributed by atoms with Crippen LogP contribution < -0.4 is 15.4 Å². The zero-order valence-corrected chi connectivity index (χ0v) is 16.2. The van der Waals surface area contributed by atoms with E-state index in [1.54, 1.807) is 26.0 Å². The molecule has 8 heteroatoms. The monoisotopic (exact) mass is 383 g/mol. The molecule has 0 aromatic heterocycles. The van der Waals surface area contributed by atoms with Gasteiger partial charge in [-0.1, -0.05) is 12.8 Å². The molecule has 1 aliphatic carbocycles. The maximum Gasteiger partial charge on any atom is 0.240 e. The van der Waals surface area contributed by atoms with Crippen molar-refractivity contribution < 1.29 is 13.2 Å². The summed E-state index contributed by atoms with van der Waals surface area (Å²) in [5.41, 5.74) is 0.620. The second-order valence-electron chi connectivity index (χ2n) is 6.66. The third kappa shape index (κ3) is 6.37. The first-order valence-electron chi connectivity index (χ1n) is 8.49. The molecule has 0 heterocycles. The highest BCUT2D eigenvalue weighted by atomic mass is 32.2. The maximum atomic E-state index is 12.1. The summed E-state index contributed by atoms with van der Waals surface area (Å²) in [5, 5.41) is 5.80. The SMILES string of the molecule is CC(C)NS(=O)(=O)c1ccc(NC(=S)NC(=O)CC2CCCC2)cc1. The fraction of sp³-hybridized carbons (Fsp3) is 0.529. The van der Waals surface area contributed by atoms with Crippen LogP contribution in [0.3, 0.4) is 0 Å². The van der Waals surface area contributed by atoms with Crippen LogP contribution in [0.25, 0.3) is 0 Å². The Hall–Kier alpha value is -1.51. The molecule has 1 amide bonds. The van der Waals surface area contributed by atoms with E-state index in [0.29, 0.717) is 18.0 Å². The molecule has 0 radical (unpaired) electrons. The molecule has 138 valence electrons. The molecule has 1 aliphatic rings. The van der Waals surface area contributed by atoms with Gasteiger partial charge in [0.1, 0.15) is 0 Å². The van der Waals surface area contributed by atoms with Gasteiger partial charge in [0.25, 0.3) is 0 Å². The minimum atomic E-state index is -3.52. The highest BCUT2D eigenvalue weighted by Crippen LogP contribution is 2.27. The molecule has 2 rings (SSSR count). The molecule has 6 nitrogen and oxygen atoms in total. The lowest BCUT2D eigenvalue weighted by Crippen LogP contribution is -2.35. The Morgan fingerprint density at radius 2 is 1.80 bits per heavy atom. The number of hydrogen-bond donors (Lipinski definition) is 3. The average Bonchev–Trinajstić information content (AvgIpc) is 2.99. The van der Waals surface area contributed by atoms with Crippen molar-refractivity contribution in [1.29, 1.82) is 0 Å². The smallest absolute Gasteiger partial charge is 0.240 e. The second kappa shape index (κ2) is 8.73. The fourth-order valence-corrected chi connectivity index (χ4v) is 4.40. The van der Waals surface area contributed by atoms with Crippen LogP contribution in [0.2, 0.25) is 0 Å². The lowest BCUT2D eigenvalue weighted by molar-refractivity contribution is -0.120. The van der Waals surface area contributed by atoms with Crippen molar-refractivity contribution in [3.8, 4) is 0 Å². The molecule has 25 heavy (non-hydrogen) atoms. The van der Waals surface area contributed by atoms with Gasteiger partial charge in [-0.05, 0) is 69.1 Å². The summed E-state index contributed by atoms with van der Waals surface area (Å²) in [6.07, 6.45) is 5.10. The van der Waals surface area contributed by atoms with Crippen LogP contribution in [0, 0.1) is 5.92 Å². The number of carbonyl (C=O) groups excluding carboxylic acids is 1. The lowest BCUT2D eigenvalue weighted by Gasteiger charge is -2.13. The van der Waals surface area contributed by atoms with E-state index >= 15 is 0 Å². The molecular formula is C17H25N3O3S2. The quantitative estimate of drug-likeness (QED) is 0.658. The first-order valence-corrected chi connectivity index (χ1v) is 10.4. The predicted octanol–water partition coefficient (Wildman–Crippen LogP) is 2.77. The van der Waals surface area contributed by atoms with E-state index < -0.39 is 10.0 Å². The molecule has 1 aromatic carbocycles. The topological polar surface area (TPSA) is 87.3 Å². The van der Waals surface area contributed by atoms with E-state index in [2.05, 4.69) is 15.4 Å². The van der Waals surface area contributed by atoms with Gasteiger partial charge in [0.05, 0.1) is 4.90 Å². The van der Waals surface area contributed by atoms with Crippen molar-refractivity contribution in [3.05, 3.63) is 24.3 Å². The van der Waals surface area contributed by atoms with Gasteiger partial charge < -0.3 is 10.6 Å². The predicted molar refractivity (Wildman–Crippen MR) is 103 cm³/mol. The number of rotatable bonds is 6. The van der Waals surface area contributed by atoms with Gasteiger partial charge in [-0.2, -0.15) is 0 Å². The van der Waals surface area contributed by atoms with Crippen molar-refractivity contribution in [1.82, 2.24) is 10.0 Å². The zero-order chi connectivity index (χ0) is 18.4. The van der Waals surface area contributed by atoms with Gasteiger partial charge >= 0.3 is 0 Å². The Morgan fingerprint density at radius 1 is 1.20 bits per heavy atom. The Morgan fingerprint density at radius 3 is 2.36 bits per heavy atom. The molecule has 0 spiro atoms. The van der Waals surface area contributed by atoms with E-state index in [1.807, 2.05) is 0 Å². The Balaban J connectivity index is 1.87. The van der Waals surface area contributed by atoms with Crippen molar-refractivity contribution in [2.45, 2.75) is 56.9 Å². The van der Waals surface area contributed by atoms with E-state index in [9.17, 15) is 13.2 Å².